The van der Waals surface area contributed by atoms with Crippen LogP contribution in [0.25, 0.3) is 0 Å². The molecule has 0 aromatic rings. The summed E-state index contributed by atoms with van der Waals surface area (Å²) in [5.41, 5.74) is 0. The average molecular weight is 999 g/mol. The average Bonchev–Trinajstić information content (AvgIpc) is 3.37. The minimum absolute atomic E-state index is 0.00160. The van der Waals surface area contributed by atoms with E-state index in [1.165, 1.54) is 257 Å². The van der Waals surface area contributed by atoms with E-state index in [-0.39, 0.29) is 18.5 Å². The first kappa shape index (κ1) is 69.1. The largest absolute Gasteiger partial charge is 0.466 e. The number of allylic oxidation sites excluding steroid dienone is 6. The zero-order valence-corrected chi connectivity index (χ0v) is 47.7. The number of hydrogen-bond acceptors (Lipinski definition) is 5. The molecule has 6 heteroatoms. The number of hydrogen-bond donors (Lipinski definition) is 3. The molecule has 0 aromatic heterocycles. The van der Waals surface area contributed by atoms with Crippen molar-refractivity contribution >= 4 is 11.9 Å². The maximum absolute atomic E-state index is 12.4. The van der Waals surface area contributed by atoms with Crippen LogP contribution in [0.15, 0.2) is 36.5 Å². The van der Waals surface area contributed by atoms with E-state index in [1.54, 1.807) is 0 Å². The van der Waals surface area contributed by atoms with Crippen LogP contribution in [0.4, 0.5) is 0 Å². The van der Waals surface area contributed by atoms with E-state index in [0.717, 1.165) is 51.4 Å². The quantitative estimate of drug-likeness (QED) is 0.0321. The number of unbranched alkanes of at least 4 members (excludes halogenated alkanes) is 42. The second-order valence-corrected chi connectivity index (χ2v) is 21.7. The molecule has 0 saturated carbocycles. The minimum Gasteiger partial charge on any atom is -0.466 e. The summed E-state index contributed by atoms with van der Waals surface area (Å²) in [6.07, 6.45) is 76.0. The van der Waals surface area contributed by atoms with Crippen molar-refractivity contribution in [3.63, 3.8) is 0 Å². The van der Waals surface area contributed by atoms with Gasteiger partial charge in [0.15, 0.2) is 0 Å². The highest BCUT2D eigenvalue weighted by molar-refractivity contribution is 5.76. The van der Waals surface area contributed by atoms with Gasteiger partial charge in [0.1, 0.15) is 0 Å². The van der Waals surface area contributed by atoms with Gasteiger partial charge < -0.3 is 20.3 Å². The monoisotopic (exact) mass is 998 g/mol. The number of carbonyl (C=O) groups is 2. The lowest BCUT2D eigenvalue weighted by Crippen LogP contribution is -2.45. The van der Waals surface area contributed by atoms with Crippen LogP contribution < -0.4 is 5.32 Å². The zero-order chi connectivity index (χ0) is 51.4. The van der Waals surface area contributed by atoms with E-state index in [2.05, 4.69) is 55.6 Å². The number of ether oxygens (including phenoxy) is 1. The van der Waals surface area contributed by atoms with Crippen molar-refractivity contribution in [3.05, 3.63) is 36.5 Å². The highest BCUT2D eigenvalue weighted by Crippen LogP contribution is 2.17. The fraction of sp³-hybridized carbons (Fsp3) is 0.877. The Bertz CT molecular complexity index is 1150. The Morgan fingerprint density at radius 2 is 0.704 bits per heavy atom. The molecule has 0 aliphatic rings. The van der Waals surface area contributed by atoms with Crippen molar-refractivity contribution in [1.29, 1.82) is 0 Å². The summed E-state index contributed by atoms with van der Waals surface area (Å²) in [5, 5.41) is 23.2. The zero-order valence-electron chi connectivity index (χ0n) is 47.7. The predicted molar refractivity (Wildman–Crippen MR) is 310 cm³/mol. The summed E-state index contributed by atoms with van der Waals surface area (Å²) < 4.78 is 5.48. The van der Waals surface area contributed by atoms with E-state index in [1.807, 2.05) is 0 Å². The van der Waals surface area contributed by atoms with Crippen molar-refractivity contribution in [2.24, 2.45) is 0 Å². The van der Waals surface area contributed by atoms with Crippen molar-refractivity contribution in [2.45, 2.75) is 353 Å². The second kappa shape index (κ2) is 60.6. The van der Waals surface area contributed by atoms with E-state index in [4.69, 9.17) is 4.74 Å². The molecule has 0 radical (unpaired) electrons. The molecule has 0 spiro atoms. The van der Waals surface area contributed by atoms with Crippen LogP contribution in [0.5, 0.6) is 0 Å². The summed E-state index contributed by atoms with van der Waals surface area (Å²) >= 11 is 0. The summed E-state index contributed by atoms with van der Waals surface area (Å²) in [5.74, 6) is -0.0346. The molecular weight excluding hydrogens is 875 g/mol. The van der Waals surface area contributed by atoms with Crippen LogP contribution in [0.3, 0.4) is 0 Å². The standard InChI is InChI=1S/C65H123NO5/c1-3-5-7-9-11-13-15-16-17-32-35-39-43-47-51-55-59-65(70)71-60-56-52-48-44-40-36-33-30-28-26-24-22-20-18-19-21-23-25-27-29-31-34-38-42-46-50-54-58-64(69)66-62(61-67)63(68)57-53-49-45-41-37-14-12-10-8-6-4-2/h13,15,17-19,32,62-63,67-68H,3-12,14,16,20-31,33-61H2,1-2H3,(H,66,69)/b15-13-,19-18-,32-17-. The highest BCUT2D eigenvalue weighted by atomic mass is 16.5. The van der Waals surface area contributed by atoms with Gasteiger partial charge in [0.05, 0.1) is 25.4 Å². The minimum atomic E-state index is -0.663. The first-order valence-corrected chi connectivity index (χ1v) is 31.7. The van der Waals surface area contributed by atoms with Crippen LogP contribution in [0.1, 0.15) is 341 Å². The number of nitrogens with one attached hydrogen (secondary N) is 1. The van der Waals surface area contributed by atoms with Gasteiger partial charge in [-0.2, -0.15) is 0 Å². The molecule has 71 heavy (non-hydrogen) atoms. The second-order valence-electron chi connectivity index (χ2n) is 21.7. The number of aliphatic hydroxyl groups is 2. The normalized spacial score (nSPS) is 12.8. The first-order chi connectivity index (χ1) is 35.0. The van der Waals surface area contributed by atoms with Crippen molar-refractivity contribution in [3.8, 4) is 0 Å². The van der Waals surface area contributed by atoms with E-state index in [9.17, 15) is 19.8 Å². The highest BCUT2D eigenvalue weighted by Gasteiger charge is 2.20. The number of amides is 1. The maximum Gasteiger partial charge on any atom is 0.305 e. The topological polar surface area (TPSA) is 95.9 Å². The third kappa shape index (κ3) is 57.2. The number of carbonyl (C=O) groups excluding carboxylic acids is 2. The number of rotatable bonds is 59. The maximum atomic E-state index is 12.4. The molecule has 418 valence electrons. The Morgan fingerprint density at radius 1 is 0.394 bits per heavy atom. The van der Waals surface area contributed by atoms with Gasteiger partial charge in [-0.05, 0) is 83.5 Å². The van der Waals surface area contributed by atoms with Crippen LogP contribution in [-0.4, -0.2) is 47.4 Å². The Labute approximate surface area is 443 Å². The van der Waals surface area contributed by atoms with Crippen molar-refractivity contribution in [1.82, 2.24) is 5.32 Å². The third-order valence-electron chi connectivity index (χ3n) is 14.7. The summed E-state index contributed by atoms with van der Waals surface area (Å²) in [4.78, 5) is 24.5. The van der Waals surface area contributed by atoms with Gasteiger partial charge in [0.25, 0.3) is 0 Å². The number of aliphatic hydroxyl groups excluding tert-OH is 2. The van der Waals surface area contributed by atoms with Crippen LogP contribution in [0, 0.1) is 0 Å². The molecule has 2 unspecified atom stereocenters. The SMILES string of the molecule is CCCCCC/C=C\C/C=C\CCCCCCCC(=O)OCCCCCCCCCCCCCC/C=C\CCCCCCCCCCCCCC(=O)NC(CO)C(O)CCCCCCCCCCCCC. The molecule has 0 fully saturated rings. The summed E-state index contributed by atoms with van der Waals surface area (Å²) in [7, 11) is 0. The Kier molecular flexibility index (Phi) is 59.0. The molecule has 0 aliphatic heterocycles. The summed E-state index contributed by atoms with van der Waals surface area (Å²) in [6, 6.07) is -0.541. The van der Waals surface area contributed by atoms with Gasteiger partial charge >= 0.3 is 5.97 Å². The molecule has 0 bridgehead atoms. The molecule has 1 amide bonds. The van der Waals surface area contributed by atoms with Gasteiger partial charge in [-0.1, -0.05) is 281 Å². The number of esters is 1. The van der Waals surface area contributed by atoms with Crippen molar-refractivity contribution in [2.75, 3.05) is 13.2 Å². The molecule has 0 saturated heterocycles. The fourth-order valence-corrected chi connectivity index (χ4v) is 9.78. The molecule has 0 aliphatic carbocycles. The lowest BCUT2D eigenvalue weighted by Gasteiger charge is -2.22. The fourth-order valence-electron chi connectivity index (χ4n) is 9.78. The molecule has 0 rings (SSSR count). The van der Waals surface area contributed by atoms with E-state index >= 15 is 0 Å². The van der Waals surface area contributed by atoms with Gasteiger partial charge in [-0.3, -0.25) is 9.59 Å². The molecule has 0 heterocycles. The van der Waals surface area contributed by atoms with Crippen LogP contribution >= 0.6 is 0 Å². The Balaban J connectivity index is 3.37. The molecule has 6 nitrogen and oxygen atoms in total. The first-order valence-electron chi connectivity index (χ1n) is 31.7. The van der Waals surface area contributed by atoms with Gasteiger partial charge in [0, 0.05) is 12.8 Å². The lowest BCUT2D eigenvalue weighted by molar-refractivity contribution is -0.143. The Morgan fingerprint density at radius 3 is 1.10 bits per heavy atom. The van der Waals surface area contributed by atoms with Gasteiger partial charge in [-0.15, -0.1) is 0 Å². The predicted octanol–water partition coefficient (Wildman–Crippen LogP) is 20.0. The van der Waals surface area contributed by atoms with Crippen LogP contribution in [-0.2, 0) is 14.3 Å². The lowest BCUT2D eigenvalue weighted by atomic mass is 10.0. The van der Waals surface area contributed by atoms with Gasteiger partial charge in [0.2, 0.25) is 5.91 Å². The molecule has 3 N–H and O–H groups in total. The van der Waals surface area contributed by atoms with E-state index in [0.29, 0.717) is 25.9 Å². The molecular formula is C65H123NO5. The molecule has 0 aromatic carbocycles. The Hall–Kier alpha value is -1.92. The molecule has 2 atom stereocenters. The third-order valence-corrected chi connectivity index (χ3v) is 14.7. The smallest absolute Gasteiger partial charge is 0.305 e. The van der Waals surface area contributed by atoms with Crippen molar-refractivity contribution < 1.29 is 24.5 Å². The summed E-state index contributed by atoms with van der Waals surface area (Å²) in [6.45, 7) is 4.93. The van der Waals surface area contributed by atoms with Gasteiger partial charge in [-0.25, -0.2) is 0 Å². The van der Waals surface area contributed by atoms with E-state index < -0.39 is 12.1 Å². The van der Waals surface area contributed by atoms with Crippen LogP contribution in [0.2, 0.25) is 0 Å².